The molecule has 2 heterocycles. The number of carboxylic acids is 1. The Bertz CT molecular complexity index is 507. The van der Waals surface area contributed by atoms with Gasteiger partial charge in [-0.25, -0.2) is 4.39 Å². The van der Waals surface area contributed by atoms with Gasteiger partial charge in [0, 0.05) is 11.8 Å². The number of nitrogens with zero attached hydrogens (tertiary/aromatic N) is 1. The highest BCUT2D eigenvalue weighted by molar-refractivity contribution is 5.76. The summed E-state index contributed by atoms with van der Waals surface area (Å²) in [4.78, 5) is 17.2. The van der Waals surface area contributed by atoms with E-state index in [9.17, 15) is 9.18 Å². The zero-order valence-corrected chi connectivity index (χ0v) is 7.83. The van der Waals surface area contributed by atoms with Crippen molar-refractivity contribution in [1.29, 1.82) is 0 Å². The number of aliphatic carboxylic acids is 1. The van der Waals surface area contributed by atoms with E-state index in [-0.39, 0.29) is 6.42 Å². The minimum atomic E-state index is -0.854. The number of carbonyl (C=O) groups is 1. The van der Waals surface area contributed by atoms with Gasteiger partial charge in [0.25, 0.3) is 0 Å². The summed E-state index contributed by atoms with van der Waals surface area (Å²) in [5, 5.41) is 8.50. The number of pyridine rings is 1. The molecule has 15 heavy (non-hydrogen) atoms. The highest BCUT2D eigenvalue weighted by Crippen LogP contribution is 2.14. The lowest BCUT2D eigenvalue weighted by Gasteiger charge is -1.91. The summed E-state index contributed by atoms with van der Waals surface area (Å²) >= 11 is 0. The van der Waals surface area contributed by atoms with Crippen LogP contribution in [0.25, 0.3) is 11.0 Å². The lowest BCUT2D eigenvalue weighted by molar-refractivity contribution is -0.136. The second-order valence-corrected chi connectivity index (χ2v) is 3.27. The van der Waals surface area contributed by atoms with Crippen LogP contribution in [-0.2, 0) is 11.2 Å². The van der Waals surface area contributed by atoms with Crippen molar-refractivity contribution >= 4 is 17.0 Å². The molecule has 2 N–H and O–H groups in total. The van der Waals surface area contributed by atoms with E-state index in [2.05, 4.69) is 9.97 Å². The van der Waals surface area contributed by atoms with Crippen LogP contribution in [0.4, 0.5) is 4.39 Å². The van der Waals surface area contributed by atoms with Crippen molar-refractivity contribution < 1.29 is 14.3 Å². The Morgan fingerprint density at radius 1 is 1.53 bits per heavy atom. The van der Waals surface area contributed by atoms with Crippen molar-refractivity contribution in [3.63, 3.8) is 0 Å². The van der Waals surface area contributed by atoms with Crippen LogP contribution < -0.4 is 0 Å². The number of aryl methyl sites for hydroxylation is 1. The maximum Gasteiger partial charge on any atom is 0.303 e. The molecule has 0 aliphatic heterocycles. The first kappa shape index (κ1) is 9.64. The first-order chi connectivity index (χ1) is 7.15. The highest BCUT2D eigenvalue weighted by atomic mass is 19.1. The smallest absolute Gasteiger partial charge is 0.303 e. The number of H-pyrrole nitrogens is 1. The zero-order chi connectivity index (χ0) is 10.8. The standard InChI is InChI=1S/C10H9FN2O2/c11-6-3-9-8(12-5-6)4-7(13-9)1-2-10(14)15/h3-5,13H,1-2H2,(H,14,15). The predicted molar refractivity (Wildman–Crippen MR) is 52.0 cm³/mol. The molecule has 0 radical (unpaired) electrons. The summed E-state index contributed by atoms with van der Waals surface area (Å²) in [6.45, 7) is 0. The van der Waals surface area contributed by atoms with Gasteiger partial charge in [-0.15, -0.1) is 0 Å². The van der Waals surface area contributed by atoms with E-state index in [0.717, 1.165) is 11.9 Å². The third-order valence-electron chi connectivity index (χ3n) is 2.10. The van der Waals surface area contributed by atoms with E-state index in [1.54, 1.807) is 6.07 Å². The number of hydrogen-bond donors (Lipinski definition) is 2. The first-order valence-electron chi connectivity index (χ1n) is 4.50. The largest absolute Gasteiger partial charge is 0.481 e. The van der Waals surface area contributed by atoms with Gasteiger partial charge in [0.2, 0.25) is 0 Å². The van der Waals surface area contributed by atoms with Gasteiger partial charge >= 0.3 is 5.97 Å². The fourth-order valence-corrected chi connectivity index (χ4v) is 1.42. The van der Waals surface area contributed by atoms with Crippen LogP contribution in [0.15, 0.2) is 18.3 Å². The molecular weight excluding hydrogens is 199 g/mol. The van der Waals surface area contributed by atoms with E-state index in [1.807, 2.05) is 0 Å². The summed E-state index contributed by atoms with van der Waals surface area (Å²) in [6, 6.07) is 3.07. The highest BCUT2D eigenvalue weighted by Gasteiger charge is 2.04. The summed E-state index contributed by atoms with van der Waals surface area (Å²) in [5.74, 6) is -1.26. The topological polar surface area (TPSA) is 66.0 Å². The van der Waals surface area contributed by atoms with Gasteiger partial charge in [0.1, 0.15) is 5.82 Å². The van der Waals surface area contributed by atoms with E-state index in [1.165, 1.54) is 6.07 Å². The second-order valence-electron chi connectivity index (χ2n) is 3.27. The van der Waals surface area contributed by atoms with E-state index in [4.69, 9.17) is 5.11 Å². The minimum Gasteiger partial charge on any atom is -0.481 e. The number of aromatic amines is 1. The van der Waals surface area contributed by atoms with Gasteiger partial charge < -0.3 is 10.1 Å². The van der Waals surface area contributed by atoms with Gasteiger partial charge in [0.05, 0.1) is 23.7 Å². The molecule has 0 aliphatic carbocycles. The summed E-state index contributed by atoms with van der Waals surface area (Å²) in [5.41, 5.74) is 2.00. The number of nitrogens with one attached hydrogen (secondary N) is 1. The van der Waals surface area contributed by atoms with Crippen molar-refractivity contribution in [1.82, 2.24) is 9.97 Å². The molecule has 0 spiro atoms. The van der Waals surface area contributed by atoms with Crippen LogP contribution >= 0.6 is 0 Å². The Morgan fingerprint density at radius 3 is 3.07 bits per heavy atom. The SMILES string of the molecule is O=C(O)CCc1cc2ncc(F)cc2[nH]1. The van der Waals surface area contributed by atoms with Crippen molar-refractivity contribution in [2.24, 2.45) is 0 Å². The number of fused-ring (bicyclic) bond motifs is 1. The molecule has 0 aromatic carbocycles. The third-order valence-corrected chi connectivity index (χ3v) is 2.10. The van der Waals surface area contributed by atoms with Gasteiger partial charge in [-0.1, -0.05) is 0 Å². The third kappa shape index (κ3) is 2.12. The van der Waals surface area contributed by atoms with E-state index in [0.29, 0.717) is 17.5 Å². The Labute approximate surface area is 84.8 Å². The molecule has 0 bridgehead atoms. The number of aromatic nitrogens is 2. The van der Waals surface area contributed by atoms with Gasteiger partial charge in [-0.3, -0.25) is 9.78 Å². The van der Waals surface area contributed by atoms with Gasteiger partial charge in [-0.05, 0) is 12.5 Å². The minimum absolute atomic E-state index is 0.0509. The predicted octanol–water partition coefficient (Wildman–Crippen LogP) is 1.72. The maximum atomic E-state index is 12.8. The average Bonchev–Trinajstić information content (AvgIpc) is 2.56. The number of rotatable bonds is 3. The molecule has 4 nitrogen and oxygen atoms in total. The van der Waals surface area contributed by atoms with Crippen molar-refractivity contribution in [3.8, 4) is 0 Å². The second kappa shape index (κ2) is 3.68. The number of carboxylic acid groups (broad SMARTS) is 1. The molecule has 0 amide bonds. The van der Waals surface area contributed by atoms with Crippen molar-refractivity contribution in [2.75, 3.05) is 0 Å². The van der Waals surface area contributed by atoms with Crippen molar-refractivity contribution in [2.45, 2.75) is 12.8 Å². The van der Waals surface area contributed by atoms with Crippen LogP contribution in [0.3, 0.4) is 0 Å². The fourth-order valence-electron chi connectivity index (χ4n) is 1.42. The average molecular weight is 208 g/mol. The monoisotopic (exact) mass is 208 g/mol. The number of halogens is 1. The molecule has 0 unspecified atom stereocenters. The Morgan fingerprint density at radius 2 is 2.33 bits per heavy atom. The molecule has 0 aliphatic rings. The summed E-state index contributed by atoms with van der Waals surface area (Å²) in [7, 11) is 0. The van der Waals surface area contributed by atoms with Crippen LogP contribution in [0, 0.1) is 5.82 Å². The Hall–Kier alpha value is -1.91. The van der Waals surface area contributed by atoms with Gasteiger partial charge in [-0.2, -0.15) is 0 Å². The van der Waals surface area contributed by atoms with E-state index >= 15 is 0 Å². The normalized spacial score (nSPS) is 10.7. The van der Waals surface area contributed by atoms with Crippen LogP contribution in [0.1, 0.15) is 12.1 Å². The summed E-state index contributed by atoms with van der Waals surface area (Å²) in [6.07, 6.45) is 1.58. The van der Waals surface area contributed by atoms with Crippen molar-refractivity contribution in [3.05, 3.63) is 29.8 Å². The quantitative estimate of drug-likeness (QED) is 0.807. The maximum absolute atomic E-state index is 12.8. The lowest BCUT2D eigenvalue weighted by atomic mass is 10.2. The molecule has 0 saturated carbocycles. The lowest BCUT2D eigenvalue weighted by Crippen LogP contribution is -1.97. The molecular formula is C10H9FN2O2. The Balaban J connectivity index is 2.27. The van der Waals surface area contributed by atoms with Crippen LogP contribution in [0.5, 0.6) is 0 Å². The molecule has 0 saturated heterocycles. The van der Waals surface area contributed by atoms with Crippen LogP contribution in [0.2, 0.25) is 0 Å². The molecule has 0 fully saturated rings. The molecule has 0 atom stereocenters. The van der Waals surface area contributed by atoms with Crippen LogP contribution in [-0.4, -0.2) is 21.0 Å². The first-order valence-corrected chi connectivity index (χ1v) is 4.50. The molecule has 5 heteroatoms. The zero-order valence-electron chi connectivity index (χ0n) is 7.83. The molecule has 2 rings (SSSR count). The Kier molecular flexibility index (Phi) is 2.37. The molecule has 78 valence electrons. The number of hydrogen-bond acceptors (Lipinski definition) is 2. The molecule has 2 aromatic heterocycles. The summed E-state index contributed by atoms with van der Waals surface area (Å²) < 4.78 is 12.8. The van der Waals surface area contributed by atoms with Gasteiger partial charge in [0.15, 0.2) is 0 Å². The fraction of sp³-hybridized carbons (Fsp3) is 0.200. The van der Waals surface area contributed by atoms with E-state index < -0.39 is 11.8 Å². The molecule has 2 aromatic rings.